The zero-order valence-corrected chi connectivity index (χ0v) is 18.1. The van der Waals surface area contributed by atoms with Crippen molar-refractivity contribution in [2.24, 2.45) is 0 Å². The van der Waals surface area contributed by atoms with Gasteiger partial charge in [0.25, 0.3) is 0 Å². The Morgan fingerprint density at radius 1 is 1.21 bits per heavy atom. The molecule has 1 atom stereocenters. The molecule has 1 aromatic heterocycles. The summed E-state index contributed by atoms with van der Waals surface area (Å²) in [5, 5.41) is 7.76. The quantitative estimate of drug-likeness (QED) is 0.513. The van der Waals surface area contributed by atoms with Crippen LogP contribution in [0.5, 0.6) is 0 Å². The van der Waals surface area contributed by atoms with E-state index in [4.69, 9.17) is 23.8 Å². The standard InChI is InChI=1S/C20H18BrClN4OS/c21-15-7-3-13(4-8-15)17-2-1-11-25(17)18(27)12-26-19(23-24-20(26)28)14-5-9-16(22)10-6-14/h3-10,17H,1-2,11-12H2,(H,24,28). The highest BCUT2D eigenvalue weighted by Crippen LogP contribution is 2.33. The number of aromatic nitrogens is 3. The normalized spacial score (nSPS) is 16.5. The van der Waals surface area contributed by atoms with Crippen LogP contribution in [0.25, 0.3) is 11.4 Å². The van der Waals surface area contributed by atoms with Crippen molar-refractivity contribution < 1.29 is 4.79 Å². The first-order valence-electron chi connectivity index (χ1n) is 8.99. The monoisotopic (exact) mass is 476 g/mol. The number of hydrogen-bond acceptors (Lipinski definition) is 3. The molecule has 1 N–H and O–H groups in total. The van der Waals surface area contributed by atoms with Crippen LogP contribution in [0, 0.1) is 4.77 Å². The van der Waals surface area contributed by atoms with Crippen molar-refractivity contribution in [3.63, 3.8) is 0 Å². The van der Waals surface area contributed by atoms with E-state index in [9.17, 15) is 4.79 Å². The second-order valence-corrected chi connectivity index (χ2v) is 8.48. The van der Waals surface area contributed by atoms with E-state index < -0.39 is 0 Å². The summed E-state index contributed by atoms with van der Waals surface area (Å²) >= 11 is 14.8. The van der Waals surface area contributed by atoms with Crippen molar-refractivity contribution in [1.29, 1.82) is 0 Å². The highest BCUT2D eigenvalue weighted by Gasteiger charge is 2.30. The summed E-state index contributed by atoms with van der Waals surface area (Å²) in [6, 6.07) is 15.6. The maximum atomic E-state index is 13.1. The molecule has 0 aliphatic carbocycles. The molecule has 0 bridgehead atoms. The maximum Gasteiger partial charge on any atom is 0.243 e. The van der Waals surface area contributed by atoms with Gasteiger partial charge in [-0.05, 0) is 67.0 Å². The zero-order chi connectivity index (χ0) is 19.7. The van der Waals surface area contributed by atoms with Crippen LogP contribution in [-0.2, 0) is 11.3 Å². The summed E-state index contributed by atoms with van der Waals surface area (Å²) in [4.78, 5) is 15.1. The average molecular weight is 478 g/mol. The van der Waals surface area contributed by atoms with E-state index in [1.807, 2.05) is 29.2 Å². The molecule has 2 aromatic carbocycles. The molecule has 1 amide bonds. The number of rotatable bonds is 4. The molecular weight excluding hydrogens is 460 g/mol. The number of nitrogens with one attached hydrogen (secondary N) is 1. The fourth-order valence-corrected chi connectivity index (χ4v) is 4.19. The highest BCUT2D eigenvalue weighted by molar-refractivity contribution is 9.10. The molecule has 8 heteroatoms. The Bertz CT molecular complexity index is 1050. The largest absolute Gasteiger partial charge is 0.334 e. The van der Waals surface area contributed by atoms with Crippen molar-refractivity contribution in [3.05, 3.63) is 68.4 Å². The number of nitrogens with zero attached hydrogens (tertiary/aromatic N) is 3. The highest BCUT2D eigenvalue weighted by atomic mass is 79.9. The lowest BCUT2D eigenvalue weighted by atomic mass is 10.0. The van der Waals surface area contributed by atoms with E-state index >= 15 is 0 Å². The fraction of sp³-hybridized carbons (Fsp3) is 0.250. The van der Waals surface area contributed by atoms with E-state index in [1.165, 1.54) is 0 Å². The van der Waals surface area contributed by atoms with E-state index in [0.717, 1.165) is 35.0 Å². The molecule has 5 nitrogen and oxygen atoms in total. The van der Waals surface area contributed by atoms with Crippen LogP contribution in [0.2, 0.25) is 5.02 Å². The summed E-state index contributed by atoms with van der Waals surface area (Å²) in [6.45, 7) is 0.904. The van der Waals surface area contributed by atoms with Crippen molar-refractivity contribution in [1.82, 2.24) is 19.7 Å². The molecule has 2 heterocycles. The summed E-state index contributed by atoms with van der Waals surface area (Å²) in [5.74, 6) is 0.674. The third kappa shape index (κ3) is 3.92. The van der Waals surface area contributed by atoms with Crippen molar-refractivity contribution >= 4 is 45.7 Å². The lowest BCUT2D eigenvalue weighted by molar-refractivity contribution is -0.132. The van der Waals surface area contributed by atoms with E-state index in [0.29, 0.717) is 15.6 Å². The Balaban J connectivity index is 1.58. The smallest absolute Gasteiger partial charge is 0.243 e. The van der Waals surface area contributed by atoms with Crippen LogP contribution in [0.4, 0.5) is 0 Å². The number of carbonyl (C=O) groups is 1. The minimum atomic E-state index is 0.0399. The number of carbonyl (C=O) groups excluding carboxylic acids is 1. The number of benzene rings is 2. The van der Waals surface area contributed by atoms with Gasteiger partial charge in [-0.3, -0.25) is 14.5 Å². The number of hydrogen-bond donors (Lipinski definition) is 1. The van der Waals surface area contributed by atoms with Crippen LogP contribution in [0.1, 0.15) is 24.4 Å². The molecule has 28 heavy (non-hydrogen) atoms. The molecule has 1 saturated heterocycles. The molecule has 1 unspecified atom stereocenters. The third-order valence-electron chi connectivity index (χ3n) is 4.98. The molecule has 3 aromatic rings. The van der Waals surface area contributed by atoms with Gasteiger partial charge in [-0.15, -0.1) is 0 Å². The molecule has 1 fully saturated rings. The second-order valence-electron chi connectivity index (χ2n) is 6.74. The molecule has 144 valence electrons. The van der Waals surface area contributed by atoms with Gasteiger partial charge in [-0.1, -0.05) is 39.7 Å². The molecule has 0 spiro atoms. The minimum absolute atomic E-state index is 0.0399. The number of likely N-dealkylation sites (tertiary alicyclic amines) is 1. The van der Waals surface area contributed by atoms with Crippen molar-refractivity contribution in [2.45, 2.75) is 25.4 Å². The Kier molecular flexibility index (Phi) is 5.66. The lowest BCUT2D eigenvalue weighted by Gasteiger charge is -2.25. The second kappa shape index (κ2) is 8.19. The molecular formula is C20H18BrClN4OS. The van der Waals surface area contributed by atoms with Crippen molar-refractivity contribution in [3.8, 4) is 11.4 Å². The third-order valence-corrected chi connectivity index (χ3v) is 6.07. The number of aromatic amines is 1. The first-order valence-corrected chi connectivity index (χ1v) is 10.6. The van der Waals surface area contributed by atoms with Gasteiger partial charge in [0.2, 0.25) is 5.91 Å². The first-order chi connectivity index (χ1) is 13.5. The van der Waals surface area contributed by atoms with Gasteiger partial charge in [-0.25, -0.2) is 0 Å². The molecule has 4 rings (SSSR count). The van der Waals surface area contributed by atoms with Gasteiger partial charge in [0, 0.05) is 21.6 Å². The minimum Gasteiger partial charge on any atom is -0.334 e. The van der Waals surface area contributed by atoms with Crippen LogP contribution in [0.3, 0.4) is 0 Å². The number of halogens is 2. The summed E-state index contributed by atoms with van der Waals surface area (Å²) in [7, 11) is 0. The SMILES string of the molecule is O=C(Cn1c(-c2ccc(Cl)cc2)n[nH]c1=S)N1CCCC1c1ccc(Br)cc1. The summed E-state index contributed by atoms with van der Waals surface area (Å²) < 4.78 is 3.21. The van der Waals surface area contributed by atoms with Crippen LogP contribution in [-0.4, -0.2) is 32.1 Å². The van der Waals surface area contributed by atoms with Gasteiger partial charge in [0.05, 0.1) is 6.04 Å². The van der Waals surface area contributed by atoms with Crippen LogP contribution in [0.15, 0.2) is 53.0 Å². The average Bonchev–Trinajstić information content (AvgIpc) is 3.31. The van der Waals surface area contributed by atoms with Gasteiger partial charge in [-0.2, -0.15) is 5.10 Å². The van der Waals surface area contributed by atoms with Gasteiger partial charge in [0.15, 0.2) is 10.6 Å². The van der Waals surface area contributed by atoms with Gasteiger partial charge >= 0.3 is 0 Å². The van der Waals surface area contributed by atoms with Crippen molar-refractivity contribution in [2.75, 3.05) is 6.54 Å². The van der Waals surface area contributed by atoms with Crippen LogP contribution < -0.4 is 0 Å². The van der Waals surface area contributed by atoms with Crippen LogP contribution >= 0.6 is 39.7 Å². The molecule has 0 saturated carbocycles. The molecule has 0 radical (unpaired) electrons. The molecule has 1 aliphatic rings. The lowest BCUT2D eigenvalue weighted by Crippen LogP contribution is -2.33. The Morgan fingerprint density at radius 2 is 1.93 bits per heavy atom. The zero-order valence-electron chi connectivity index (χ0n) is 14.9. The summed E-state index contributed by atoms with van der Waals surface area (Å²) in [6.07, 6.45) is 1.96. The Labute approximate surface area is 181 Å². The van der Waals surface area contributed by atoms with E-state index in [2.05, 4.69) is 38.3 Å². The van der Waals surface area contributed by atoms with E-state index in [1.54, 1.807) is 16.7 Å². The van der Waals surface area contributed by atoms with Gasteiger partial charge in [0.1, 0.15) is 6.54 Å². The number of H-pyrrole nitrogens is 1. The summed E-state index contributed by atoms with van der Waals surface area (Å²) in [5.41, 5.74) is 2.01. The molecule has 1 aliphatic heterocycles. The maximum absolute atomic E-state index is 13.1. The topological polar surface area (TPSA) is 53.9 Å². The predicted molar refractivity (Wildman–Crippen MR) is 116 cm³/mol. The number of amides is 1. The van der Waals surface area contributed by atoms with E-state index in [-0.39, 0.29) is 18.5 Å². The van der Waals surface area contributed by atoms with Gasteiger partial charge < -0.3 is 4.90 Å². The predicted octanol–water partition coefficient (Wildman–Crippen LogP) is 5.39. The Hall–Kier alpha value is -1.96. The Morgan fingerprint density at radius 3 is 2.64 bits per heavy atom. The fourth-order valence-electron chi connectivity index (χ4n) is 3.61. The first kappa shape index (κ1) is 19.4.